The van der Waals surface area contributed by atoms with E-state index in [1.807, 2.05) is 0 Å². The number of allylic oxidation sites excluding steroid dienone is 1. The zero-order valence-electron chi connectivity index (χ0n) is 11.6. The molecule has 0 saturated carbocycles. The Kier molecular flexibility index (Phi) is 4.55. The van der Waals surface area contributed by atoms with Gasteiger partial charge in [-0.1, -0.05) is 19.1 Å². The summed E-state index contributed by atoms with van der Waals surface area (Å²) in [6, 6.07) is 5.92. The van der Waals surface area contributed by atoms with Crippen molar-refractivity contribution in [1.29, 1.82) is 0 Å². The SMILES string of the molecule is CC(/C(=C/O)C(=O)c1ccccc1O)C(C)(C)C(=O)O. The molecule has 0 aromatic heterocycles. The fourth-order valence-electron chi connectivity index (χ4n) is 1.76. The number of para-hydroxylation sites is 1. The summed E-state index contributed by atoms with van der Waals surface area (Å²) in [5, 5.41) is 28.2. The monoisotopic (exact) mass is 278 g/mol. The molecule has 3 N–H and O–H groups in total. The molecule has 0 spiro atoms. The number of aliphatic hydroxyl groups is 1. The van der Waals surface area contributed by atoms with E-state index in [9.17, 15) is 24.9 Å². The second kappa shape index (κ2) is 5.77. The Morgan fingerprint density at radius 2 is 1.80 bits per heavy atom. The minimum absolute atomic E-state index is 0.0286. The van der Waals surface area contributed by atoms with Gasteiger partial charge in [-0.25, -0.2) is 0 Å². The first-order chi connectivity index (χ1) is 9.23. The van der Waals surface area contributed by atoms with Crippen LogP contribution in [0.5, 0.6) is 5.75 Å². The third kappa shape index (κ3) is 2.82. The number of Topliss-reactive ketones (excluding diaryl/α,β-unsaturated/α-hetero) is 1. The lowest BCUT2D eigenvalue weighted by atomic mass is 9.74. The molecule has 0 aliphatic carbocycles. The van der Waals surface area contributed by atoms with E-state index in [2.05, 4.69) is 0 Å². The van der Waals surface area contributed by atoms with Gasteiger partial charge in [-0.2, -0.15) is 0 Å². The Labute approximate surface area is 117 Å². The van der Waals surface area contributed by atoms with Crippen LogP contribution in [0.1, 0.15) is 31.1 Å². The maximum atomic E-state index is 12.3. The fourth-order valence-corrected chi connectivity index (χ4v) is 1.76. The summed E-state index contributed by atoms with van der Waals surface area (Å²) in [6.07, 6.45) is 0.615. The summed E-state index contributed by atoms with van der Waals surface area (Å²) in [6.45, 7) is 4.50. The number of hydrogen-bond donors (Lipinski definition) is 3. The van der Waals surface area contributed by atoms with E-state index < -0.39 is 23.1 Å². The van der Waals surface area contributed by atoms with Crippen molar-refractivity contribution < 1.29 is 24.9 Å². The van der Waals surface area contributed by atoms with Crippen LogP contribution >= 0.6 is 0 Å². The topological polar surface area (TPSA) is 94.8 Å². The van der Waals surface area contributed by atoms with Gasteiger partial charge in [0.2, 0.25) is 0 Å². The number of carboxylic acids is 1. The molecule has 108 valence electrons. The van der Waals surface area contributed by atoms with Crippen molar-refractivity contribution in [2.75, 3.05) is 0 Å². The standard InChI is InChI=1S/C15H18O5/c1-9(15(2,3)14(19)20)11(8-16)13(18)10-6-4-5-7-12(10)17/h4-9,16-17H,1-3H3,(H,19,20)/b11-8-. The largest absolute Gasteiger partial charge is 0.515 e. The van der Waals surface area contributed by atoms with Crippen LogP contribution in [-0.4, -0.2) is 27.1 Å². The first-order valence-corrected chi connectivity index (χ1v) is 6.13. The van der Waals surface area contributed by atoms with Gasteiger partial charge < -0.3 is 15.3 Å². The normalized spacial score (nSPS) is 13.8. The number of ketones is 1. The van der Waals surface area contributed by atoms with Crippen LogP contribution in [0, 0.1) is 11.3 Å². The number of rotatable bonds is 5. The van der Waals surface area contributed by atoms with Crippen molar-refractivity contribution in [2.45, 2.75) is 20.8 Å². The van der Waals surface area contributed by atoms with Gasteiger partial charge in [0.05, 0.1) is 17.2 Å². The number of phenols is 1. The first kappa shape index (κ1) is 15.8. The number of carbonyl (C=O) groups is 2. The summed E-state index contributed by atoms with van der Waals surface area (Å²) >= 11 is 0. The lowest BCUT2D eigenvalue weighted by Gasteiger charge is -2.28. The minimum atomic E-state index is -1.23. The smallest absolute Gasteiger partial charge is 0.309 e. The molecule has 0 saturated heterocycles. The third-order valence-electron chi connectivity index (χ3n) is 3.65. The molecule has 0 fully saturated rings. The van der Waals surface area contributed by atoms with Gasteiger partial charge in [-0.15, -0.1) is 0 Å². The van der Waals surface area contributed by atoms with Crippen LogP contribution < -0.4 is 0 Å². The Balaban J connectivity index is 3.19. The predicted octanol–water partition coefficient (Wildman–Crippen LogP) is 2.76. The number of hydrogen-bond acceptors (Lipinski definition) is 4. The molecule has 1 atom stereocenters. The number of phenolic OH excluding ortho intramolecular Hbond substituents is 1. The Morgan fingerprint density at radius 3 is 2.25 bits per heavy atom. The molecular weight excluding hydrogens is 260 g/mol. The van der Waals surface area contributed by atoms with Gasteiger partial charge in [-0.05, 0) is 26.0 Å². The molecule has 0 aliphatic rings. The Hall–Kier alpha value is -2.30. The van der Waals surface area contributed by atoms with Gasteiger partial charge in [0.25, 0.3) is 0 Å². The highest BCUT2D eigenvalue weighted by Crippen LogP contribution is 2.35. The van der Waals surface area contributed by atoms with Gasteiger partial charge in [0.1, 0.15) is 5.75 Å². The minimum Gasteiger partial charge on any atom is -0.515 e. The Morgan fingerprint density at radius 1 is 1.25 bits per heavy atom. The number of carboxylic acid groups (broad SMARTS) is 1. The molecular formula is C15H18O5. The Bertz CT molecular complexity index is 557. The fraction of sp³-hybridized carbons (Fsp3) is 0.333. The van der Waals surface area contributed by atoms with Crippen molar-refractivity contribution in [1.82, 2.24) is 0 Å². The lowest BCUT2D eigenvalue weighted by Crippen LogP contribution is -2.34. The predicted molar refractivity (Wildman–Crippen MR) is 73.7 cm³/mol. The van der Waals surface area contributed by atoms with Crippen molar-refractivity contribution in [3.8, 4) is 5.75 Å². The highest BCUT2D eigenvalue weighted by atomic mass is 16.4. The molecule has 1 rings (SSSR count). The highest BCUT2D eigenvalue weighted by molar-refractivity contribution is 6.10. The van der Waals surface area contributed by atoms with Crippen LogP contribution in [0.15, 0.2) is 36.1 Å². The molecule has 0 heterocycles. The van der Waals surface area contributed by atoms with Crippen LogP contribution in [0.2, 0.25) is 0 Å². The summed E-state index contributed by atoms with van der Waals surface area (Å²) in [4.78, 5) is 23.6. The van der Waals surface area contributed by atoms with E-state index in [-0.39, 0.29) is 16.9 Å². The number of aliphatic hydroxyl groups excluding tert-OH is 1. The van der Waals surface area contributed by atoms with Crippen LogP contribution in [0.4, 0.5) is 0 Å². The summed E-state index contributed by atoms with van der Waals surface area (Å²) < 4.78 is 0. The average Bonchev–Trinajstić information content (AvgIpc) is 2.39. The van der Waals surface area contributed by atoms with Crippen molar-refractivity contribution >= 4 is 11.8 Å². The summed E-state index contributed by atoms with van der Waals surface area (Å²) in [5.41, 5.74) is -1.26. The van der Waals surface area contributed by atoms with Crippen molar-refractivity contribution in [3.05, 3.63) is 41.7 Å². The third-order valence-corrected chi connectivity index (χ3v) is 3.65. The maximum Gasteiger partial charge on any atom is 0.309 e. The zero-order valence-corrected chi connectivity index (χ0v) is 11.6. The molecule has 0 bridgehead atoms. The van der Waals surface area contributed by atoms with Gasteiger partial charge in [-0.3, -0.25) is 9.59 Å². The van der Waals surface area contributed by atoms with E-state index in [0.29, 0.717) is 6.26 Å². The molecule has 1 aromatic rings. The van der Waals surface area contributed by atoms with Crippen molar-refractivity contribution in [2.24, 2.45) is 11.3 Å². The van der Waals surface area contributed by atoms with E-state index in [1.165, 1.54) is 26.0 Å². The van der Waals surface area contributed by atoms with Gasteiger partial charge in [0, 0.05) is 11.5 Å². The van der Waals surface area contributed by atoms with E-state index in [1.54, 1.807) is 19.1 Å². The molecule has 0 radical (unpaired) electrons. The van der Waals surface area contributed by atoms with E-state index in [4.69, 9.17) is 0 Å². The zero-order chi connectivity index (χ0) is 15.5. The quantitative estimate of drug-likeness (QED) is 0.437. The van der Waals surface area contributed by atoms with Crippen LogP contribution in [0.25, 0.3) is 0 Å². The van der Waals surface area contributed by atoms with E-state index in [0.717, 1.165) is 0 Å². The molecule has 5 heteroatoms. The summed E-state index contributed by atoms with van der Waals surface area (Å²) in [7, 11) is 0. The molecule has 1 unspecified atom stereocenters. The molecule has 5 nitrogen and oxygen atoms in total. The molecule has 0 aliphatic heterocycles. The van der Waals surface area contributed by atoms with E-state index >= 15 is 0 Å². The number of benzene rings is 1. The van der Waals surface area contributed by atoms with Crippen LogP contribution in [-0.2, 0) is 4.79 Å². The second-order valence-electron chi connectivity index (χ2n) is 5.18. The van der Waals surface area contributed by atoms with Gasteiger partial charge in [0.15, 0.2) is 5.78 Å². The second-order valence-corrected chi connectivity index (χ2v) is 5.18. The van der Waals surface area contributed by atoms with Crippen molar-refractivity contribution in [3.63, 3.8) is 0 Å². The molecule has 1 aromatic carbocycles. The molecule has 0 amide bonds. The summed E-state index contributed by atoms with van der Waals surface area (Å²) in [5.74, 6) is -2.60. The van der Waals surface area contributed by atoms with Gasteiger partial charge >= 0.3 is 5.97 Å². The lowest BCUT2D eigenvalue weighted by molar-refractivity contribution is -0.148. The number of aliphatic carboxylic acids is 1. The maximum absolute atomic E-state index is 12.3. The first-order valence-electron chi connectivity index (χ1n) is 6.13. The van der Waals surface area contributed by atoms with Crippen LogP contribution in [0.3, 0.4) is 0 Å². The number of carbonyl (C=O) groups excluding carboxylic acids is 1. The number of aromatic hydroxyl groups is 1. The average molecular weight is 278 g/mol. The molecule has 20 heavy (non-hydrogen) atoms. The highest BCUT2D eigenvalue weighted by Gasteiger charge is 2.38.